The third-order valence-electron chi connectivity index (χ3n) is 2.91. The first-order valence-corrected chi connectivity index (χ1v) is 6.80. The Morgan fingerprint density at radius 2 is 2.10 bits per heavy atom. The summed E-state index contributed by atoms with van der Waals surface area (Å²) in [6.07, 6.45) is 0. The minimum absolute atomic E-state index is 0.0445. The van der Waals surface area contributed by atoms with Gasteiger partial charge in [-0.15, -0.1) is 0 Å². The Morgan fingerprint density at radius 1 is 1.45 bits per heavy atom. The number of nitrogens with zero attached hydrogens (tertiary/aromatic N) is 3. The summed E-state index contributed by atoms with van der Waals surface area (Å²) < 4.78 is 5.80. The average Bonchev–Trinajstić information content (AvgIpc) is 2.67. The van der Waals surface area contributed by atoms with Gasteiger partial charge in [-0.1, -0.05) is 5.16 Å². The van der Waals surface area contributed by atoms with Gasteiger partial charge in [-0.25, -0.2) is 5.84 Å². The van der Waals surface area contributed by atoms with Gasteiger partial charge in [0.25, 0.3) is 5.69 Å². The zero-order chi connectivity index (χ0) is 15.0. The van der Waals surface area contributed by atoms with Gasteiger partial charge in [0.05, 0.1) is 10.6 Å². The maximum atomic E-state index is 11.3. The lowest BCUT2D eigenvalue weighted by molar-refractivity contribution is -0.384. The fourth-order valence-corrected chi connectivity index (χ4v) is 3.10. The van der Waals surface area contributed by atoms with Crippen molar-refractivity contribution >= 4 is 34.0 Å². The van der Waals surface area contributed by atoms with Crippen LogP contribution in [0, 0.1) is 27.5 Å². The van der Waals surface area contributed by atoms with Crippen LogP contribution in [0.25, 0.3) is 11.1 Å². The Morgan fingerprint density at radius 3 is 2.55 bits per heavy atom. The van der Waals surface area contributed by atoms with Gasteiger partial charge in [0, 0.05) is 22.2 Å². The molecule has 0 unspecified atom stereocenters. The number of nitrogens with two attached hydrogens (primary N) is 1. The molecule has 0 saturated carbocycles. The highest BCUT2D eigenvalue weighted by Crippen LogP contribution is 2.38. The zero-order valence-corrected chi connectivity index (χ0v) is 13.3. The number of hydrazine groups is 1. The molecule has 1 aromatic heterocycles. The Bertz CT molecular complexity index is 662. The van der Waals surface area contributed by atoms with Gasteiger partial charge < -0.3 is 9.53 Å². The number of hydrogen-bond donors (Lipinski definition) is 1. The molecular weight excluding hydrogens is 375 g/mol. The summed E-state index contributed by atoms with van der Waals surface area (Å²) in [7, 11) is 1.57. The summed E-state index contributed by atoms with van der Waals surface area (Å²) >= 11 is 2.03. The van der Waals surface area contributed by atoms with Crippen molar-refractivity contribution in [3.8, 4) is 11.1 Å². The van der Waals surface area contributed by atoms with Crippen LogP contribution in [0.15, 0.2) is 16.7 Å². The maximum Gasteiger partial charge on any atom is 0.295 e. The van der Waals surface area contributed by atoms with Crippen LogP contribution in [-0.2, 0) is 0 Å². The quantitative estimate of drug-likeness (QED) is 0.376. The first kappa shape index (κ1) is 14.7. The average molecular weight is 388 g/mol. The van der Waals surface area contributed by atoms with Gasteiger partial charge in [-0.3, -0.25) is 10.1 Å². The third kappa shape index (κ3) is 2.48. The normalized spacial score (nSPS) is 10.7. The fraction of sp³-hybridized carbons (Fsp3) is 0.250. The van der Waals surface area contributed by atoms with E-state index in [1.807, 2.05) is 28.7 Å². The summed E-state index contributed by atoms with van der Waals surface area (Å²) in [4.78, 5) is 10.8. The lowest BCUT2D eigenvalue weighted by atomic mass is 10.0. The molecule has 0 fully saturated rings. The number of nitro groups is 1. The van der Waals surface area contributed by atoms with E-state index < -0.39 is 4.92 Å². The highest BCUT2D eigenvalue weighted by atomic mass is 127. The highest BCUT2D eigenvalue weighted by molar-refractivity contribution is 14.1. The summed E-state index contributed by atoms with van der Waals surface area (Å²) in [6.45, 7) is 3.57. The first-order valence-electron chi connectivity index (χ1n) is 5.72. The van der Waals surface area contributed by atoms with Crippen LogP contribution in [0.4, 0.5) is 11.4 Å². The van der Waals surface area contributed by atoms with Crippen LogP contribution in [0.2, 0.25) is 0 Å². The summed E-state index contributed by atoms with van der Waals surface area (Å²) in [5.41, 5.74) is 2.50. The molecule has 0 aliphatic heterocycles. The molecule has 0 radical (unpaired) electrons. The summed E-state index contributed by atoms with van der Waals surface area (Å²) in [6, 6.07) is 3.33. The molecule has 2 rings (SSSR count). The molecule has 106 valence electrons. The second kappa shape index (κ2) is 5.37. The Labute approximate surface area is 129 Å². The van der Waals surface area contributed by atoms with Gasteiger partial charge in [-0.2, -0.15) is 0 Å². The number of benzene rings is 1. The van der Waals surface area contributed by atoms with E-state index in [4.69, 9.17) is 10.4 Å². The lowest BCUT2D eigenvalue weighted by Gasteiger charge is -2.15. The van der Waals surface area contributed by atoms with Gasteiger partial charge >= 0.3 is 0 Å². The van der Waals surface area contributed by atoms with Crippen molar-refractivity contribution in [3.63, 3.8) is 0 Å². The van der Waals surface area contributed by atoms with Crippen LogP contribution in [0.3, 0.4) is 0 Å². The fourth-order valence-electron chi connectivity index (χ4n) is 2.11. The topological polar surface area (TPSA) is 98.4 Å². The van der Waals surface area contributed by atoms with E-state index in [-0.39, 0.29) is 5.69 Å². The highest BCUT2D eigenvalue weighted by Gasteiger charge is 2.23. The van der Waals surface area contributed by atoms with Crippen molar-refractivity contribution in [2.75, 3.05) is 12.1 Å². The monoisotopic (exact) mass is 388 g/mol. The van der Waals surface area contributed by atoms with Crippen molar-refractivity contribution in [2.24, 2.45) is 5.84 Å². The Hall–Kier alpha value is -1.68. The number of halogens is 1. The van der Waals surface area contributed by atoms with Gasteiger partial charge in [0.15, 0.2) is 0 Å². The molecule has 20 heavy (non-hydrogen) atoms. The molecule has 0 atom stereocenters. The van der Waals surface area contributed by atoms with Gasteiger partial charge in [0.1, 0.15) is 11.4 Å². The van der Waals surface area contributed by atoms with E-state index in [1.54, 1.807) is 20.9 Å². The van der Waals surface area contributed by atoms with Crippen LogP contribution < -0.4 is 10.9 Å². The molecule has 8 heteroatoms. The standard InChI is InChI=1S/C12H13IN4O3/c1-6-11(7(2)20-15-6)8-4-9(13)12(16(3)14)10(5-8)17(18)19/h4-5H,14H2,1-3H3. The van der Waals surface area contributed by atoms with Crippen LogP contribution >= 0.6 is 22.6 Å². The number of aromatic nitrogens is 1. The molecule has 0 amide bonds. The molecule has 0 saturated heterocycles. The van der Waals surface area contributed by atoms with Crippen LogP contribution in [0.1, 0.15) is 11.5 Å². The van der Waals surface area contributed by atoms with Crippen molar-refractivity contribution in [1.29, 1.82) is 0 Å². The third-order valence-corrected chi connectivity index (χ3v) is 3.74. The molecule has 7 nitrogen and oxygen atoms in total. The van der Waals surface area contributed by atoms with Crippen LogP contribution in [-0.4, -0.2) is 17.1 Å². The molecule has 0 aliphatic carbocycles. The van der Waals surface area contributed by atoms with E-state index in [0.717, 1.165) is 5.56 Å². The molecule has 0 spiro atoms. The minimum atomic E-state index is -0.442. The summed E-state index contributed by atoms with van der Waals surface area (Å²) in [5, 5.41) is 16.4. The number of aryl methyl sites for hydroxylation is 2. The van der Waals surface area contributed by atoms with E-state index >= 15 is 0 Å². The van der Waals surface area contributed by atoms with Gasteiger partial charge in [0.2, 0.25) is 0 Å². The van der Waals surface area contributed by atoms with E-state index in [0.29, 0.717) is 26.3 Å². The van der Waals surface area contributed by atoms with Crippen molar-refractivity contribution < 1.29 is 9.45 Å². The zero-order valence-electron chi connectivity index (χ0n) is 11.2. The number of rotatable bonds is 3. The minimum Gasteiger partial charge on any atom is -0.361 e. The number of nitro benzene ring substituents is 1. The van der Waals surface area contributed by atoms with E-state index in [2.05, 4.69) is 5.16 Å². The summed E-state index contributed by atoms with van der Waals surface area (Å²) in [5.74, 6) is 6.30. The second-order valence-corrected chi connectivity index (χ2v) is 5.56. The van der Waals surface area contributed by atoms with E-state index in [1.165, 1.54) is 11.1 Å². The molecule has 1 aromatic carbocycles. The molecular formula is C12H13IN4O3. The largest absolute Gasteiger partial charge is 0.361 e. The number of anilines is 1. The van der Waals surface area contributed by atoms with Crippen molar-refractivity contribution in [2.45, 2.75) is 13.8 Å². The first-order chi connectivity index (χ1) is 9.32. The van der Waals surface area contributed by atoms with Crippen LogP contribution in [0.5, 0.6) is 0 Å². The molecule has 0 aliphatic rings. The SMILES string of the molecule is Cc1noc(C)c1-c1cc(I)c(N(C)N)c([N+](=O)[O-])c1. The Balaban J connectivity index is 2.73. The predicted octanol–water partition coefficient (Wildman–Crippen LogP) is 2.78. The lowest BCUT2D eigenvalue weighted by Crippen LogP contribution is -2.26. The molecule has 0 bridgehead atoms. The second-order valence-electron chi connectivity index (χ2n) is 4.39. The Kier molecular flexibility index (Phi) is 3.95. The number of hydrogen-bond acceptors (Lipinski definition) is 6. The molecule has 2 N–H and O–H groups in total. The smallest absolute Gasteiger partial charge is 0.295 e. The van der Waals surface area contributed by atoms with Crippen molar-refractivity contribution in [1.82, 2.24) is 5.16 Å². The molecule has 1 heterocycles. The van der Waals surface area contributed by atoms with Gasteiger partial charge in [-0.05, 0) is 48.1 Å². The van der Waals surface area contributed by atoms with Crippen molar-refractivity contribution in [3.05, 3.63) is 37.3 Å². The maximum absolute atomic E-state index is 11.3. The molecule has 2 aromatic rings. The predicted molar refractivity (Wildman–Crippen MR) is 83.4 cm³/mol. The van der Waals surface area contributed by atoms with E-state index in [9.17, 15) is 10.1 Å².